The second-order valence-corrected chi connectivity index (χ2v) is 10.7. The molecule has 3 rings (SSSR count). The third-order valence-electron chi connectivity index (χ3n) is 5.23. The highest BCUT2D eigenvalue weighted by Gasteiger charge is 2.61. The molecule has 0 saturated carbocycles. The standard InChI is InChI=1S/C25H36O8/c1-15-17(29-25(8)30-18(15)20(31-25)22(27)33-24(5,6)7)19(21(26)32-23(2,3)4)28-14-16-12-10-9-11-13-16/h9-13,15,17-20H,14H2,1-8H3/t15-,17-,18+,19+,20-,25+/m1/s1. The van der Waals surface area contributed by atoms with Crippen molar-refractivity contribution in [3.8, 4) is 0 Å². The normalized spacial score (nSPS) is 30.5. The Balaban J connectivity index is 1.84. The Morgan fingerprint density at radius 1 is 0.970 bits per heavy atom. The van der Waals surface area contributed by atoms with Crippen molar-refractivity contribution in [2.24, 2.45) is 5.92 Å². The second kappa shape index (κ2) is 9.33. The fraction of sp³-hybridized carbons (Fsp3) is 0.680. The lowest BCUT2D eigenvalue weighted by atomic mass is 9.89. The second-order valence-electron chi connectivity index (χ2n) is 10.7. The van der Waals surface area contributed by atoms with E-state index in [4.69, 9.17) is 28.4 Å². The Morgan fingerprint density at radius 3 is 2.15 bits per heavy atom. The average Bonchev–Trinajstić information content (AvgIpc) is 2.97. The first-order chi connectivity index (χ1) is 15.2. The molecule has 1 aromatic rings. The molecular weight excluding hydrogens is 428 g/mol. The number of hydrogen-bond donors (Lipinski definition) is 0. The Bertz CT molecular complexity index is 840. The summed E-state index contributed by atoms with van der Waals surface area (Å²) in [6.45, 7) is 14.3. The van der Waals surface area contributed by atoms with Crippen LogP contribution in [-0.4, -0.2) is 53.5 Å². The van der Waals surface area contributed by atoms with Crippen LogP contribution in [0.15, 0.2) is 30.3 Å². The number of fused-ring (bicyclic) bond motifs is 2. The van der Waals surface area contributed by atoms with Gasteiger partial charge in [0.15, 0.2) is 12.2 Å². The molecule has 0 spiro atoms. The van der Waals surface area contributed by atoms with Gasteiger partial charge in [0.2, 0.25) is 0 Å². The van der Waals surface area contributed by atoms with E-state index in [1.807, 2.05) is 37.3 Å². The molecule has 0 N–H and O–H groups in total. The van der Waals surface area contributed by atoms with Gasteiger partial charge in [0.1, 0.15) is 23.4 Å². The van der Waals surface area contributed by atoms with Crippen LogP contribution in [0.2, 0.25) is 0 Å². The molecule has 2 bridgehead atoms. The molecule has 0 unspecified atom stereocenters. The van der Waals surface area contributed by atoms with Crippen LogP contribution in [0.5, 0.6) is 0 Å². The van der Waals surface area contributed by atoms with E-state index in [2.05, 4.69) is 0 Å². The number of carbonyl (C=O) groups excluding carboxylic acids is 2. The molecule has 8 heteroatoms. The number of rotatable bonds is 6. The van der Waals surface area contributed by atoms with E-state index in [0.29, 0.717) is 0 Å². The first-order valence-electron chi connectivity index (χ1n) is 11.3. The molecule has 6 atom stereocenters. The lowest BCUT2D eigenvalue weighted by Crippen LogP contribution is -2.55. The summed E-state index contributed by atoms with van der Waals surface area (Å²) in [4.78, 5) is 26.0. The molecule has 0 aromatic heterocycles. The Kier molecular flexibility index (Phi) is 7.24. The average molecular weight is 465 g/mol. The molecule has 1 aromatic carbocycles. The highest BCUT2D eigenvalue weighted by atomic mass is 16.9. The molecular formula is C25H36O8. The van der Waals surface area contributed by atoms with Crippen molar-refractivity contribution in [3.05, 3.63) is 35.9 Å². The van der Waals surface area contributed by atoms with E-state index in [0.717, 1.165) is 5.56 Å². The first-order valence-corrected chi connectivity index (χ1v) is 11.3. The summed E-state index contributed by atoms with van der Waals surface area (Å²) in [6, 6.07) is 9.52. The van der Waals surface area contributed by atoms with Crippen molar-refractivity contribution in [2.75, 3.05) is 0 Å². The summed E-state index contributed by atoms with van der Waals surface area (Å²) in [5.41, 5.74) is -0.486. The summed E-state index contributed by atoms with van der Waals surface area (Å²) in [7, 11) is 0. The van der Waals surface area contributed by atoms with E-state index in [9.17, 15) is 9.59 Å². The van der Waals surface area contributed by atoms with Crippen molar-refractivity contribution in [1.82, 2.24) is 0 Å². The quantitative estimate of drug-likeness (QED) is 0.588. The molecule has 8 nitrogen and oxygen atoms in total. The Hall–Kier alpha value is -2.00. The molecule has 2 heterocycles. The van der Waals surface area contributed by atoms with Gasteiger partial charge in [-0.1, -0.05) is 37.3 Å². The van der Waals surface area contributed by atoms with E-state index in [1.54, 1.807) is 48.5 Å². The van der Waals surface area contributed by atoms with Crippen LogP contribution in [0.1, 0.15) is 61.0 Å². The molecule has 33 heavy (non-hydrogen) atoms. The zero-order valence-electron chi connectivity index (χ0n) is 20.7. The third kappa shape index (κ3) is 6.53. The zero-order valence-corrected chi connectivity index (χ0v) is 20.7. The van der Waals surface area contributed by atoms with Crippen LogP contribution < -0.4 is 0 Å². The van der Waals surface area contributed by atoms with Crippen molar-refractivity contribution >= 4 is 11.9 Å². The predicted octanol–water partition coefficient (Wildman–Crippen LogP) is 3.75. The largest absolute Gasteiger partial charge is 0.458 e. The smallest absolute Gasteiger partial charge is 0.338 e. The number of ether oxygens (including phenoxy) is 6. The number of hydrogen-bond acceptors (Lipinski definition) is 8. The number of esters is 2. The van der Waals surface area contributed by atoms with Crippen molar-refractivity contribution in [3.63, 3.8) is 0 Å². The minimum atomic E-state index is -1.51. The van der Waals surface area contributed by atoms with Crippen molar-refractivity contribution < 1.29 is 38.0 Å². The number of carbonyl (C=O) groups is 2. The highest BCUT2D eigenvalue weighted by molar-refractivity contribution is 5.77. The zero-order chi connectivity index (χ0) is 24.6. The van der Waals surface area contributed by atoms with Gasteiger partial charge in [-0.25, -0.2) is 9.59 Å². The summed E-state index contributed by atoms with van der Waals surface area (Å²) in [5, 5.41) is 0. The molecule has 2 aliphatic rings. The Labute approximate surface area is 195 Å². The first kappa shape index (κ1) is 25.6. The van der Waals surface area contributed by atoms with Crippen LogP contribution in [-0.2, 0) is 44.6 Å². The van der Waals surface area contributed by atoms with E-state index < -0.39 is 59.4 Å². The molecule has 2 fully saturated rings. The van der Waals surface area contributed by atoms with Gasteiger partial charge in [-0.3, -0.25) is 0 Å². The van der Waals surface area contributed by atoms with Crippen molar-refractivity contribution in [2.45, 2.75) is 104 Å². The van der Waals surface area contributed by atoms with Gasteiger partial charge in [0.25, 0.3) is 5.97 Å². The van der Waals surface area contributed by atoms with E-state index in [1.165, 1.54) is 0 Å². The summed E-state index contributed by atoms with van der Waals surface area (Å²) in [5.74, 6) is -3.02. The minimum Gasteiger partial charge on any atom is -0.458 e. The van der Waals surface area contributed by atoms with E-state index in [-0.39, 0.29) is 6.61 Å². The maximum Gasteiger partial charge on any atom is 0.338 e. The molecule has 0 radical (unpaired) electrons. The topological polar surface area (TPSA) is 89.5 Å². The fourth-order valence-electron chi connectivity index (χ4n) is 3.91. The molecule has 0 aliphatic carbocycles. The molecule has 2 saturated heterocycles. The summed E-state index contributed by atoms with van der Waals surface area (Å²) >= 11 is 0. The third-order valence-corrected chi connectivity index (χ3v) is 5.23. The predicted molar refractivity (Wildman–Crippen MR) is 119 cm³/mol. The lowest BCUT2D eigenvalue weighted by molar-refractivity contribution is -0.384. The van der Waals surface area contributed by atoms with Crippen LogP contribution in [0, 0.1) is 5.92 Å². The number of benzene rings is 1. The van der Waals surface area contributed by atoms with Crippen LogP contribution in [0.3, 0.4) is 0 Å². The summed E-state index contributed by atoms with van der Waals surface area (Å²) in [6.07, 6.45) is -3.47. The SMILES string of the molecule is C[C@@H]1[C@H]([C@H](OCc2ccccc2)C(=O)OC(C)(C)C)O[C@@]2(C)O[C@@H]1[C@H](C(=O)OC(C)(C)C)O2. The molecule has 2 aliphatic heterocycles. The van der Waals surface area contributed by atoms with Crippen LogP contribution in [0.4, 0.5) is 0 Å². The van der Waals surface area contributed by atoms with E-state index >= 15 is 0 Å². The van der Waals surface area contributed by atoms with Crippen molar-refractivity contribution in [1.29, 1.82) is 0 Å². The maximum absolute atomic E-state index is 13.2. The van der Waals surface area contributed by atoms with Crippen LogP contribution >= 0.6 is 0 Å². The minimum absolute atomic E-state index is 0.190. The fourth-order valence-corrected chi connectivity index (χ4v) is 3.91. The van der Waals surface area contributed by atoms with Gasteiger partial charge in [-0.15, -0.1) is 0 Å². The molecule has 0 amide bonds. The molecule has 184 valence electrons. The Morgan fingerprint density at radius 2 is 1.58 bits per heavy atom. The van der Waals surface area contributed by atoms with Gasteiger partial charge in [-0.2, -0.15) is 0 Å². The maximum atomic E-state index is 13.2. The lowest BCUT2D eigenvalue weighted by Gasteiger charge is -2.41. The van der Waals surface area contributed by atoms with Gasteiger partial charge in [-0.05, 0) is 47.1 Å². The van der Waals surface area contributed by atoms with Gasteiger partial charge in [0, 0.05) is 12.8 Å². The van der Waals surface area contributed by atoms with Gasteiger partial charge in [0.05, 0.1) is 6.61 Å². The monoisotopic (exact) mass is 464 g/mol. The summed E-state index contributed by atoms with van der Waals surface area (Å²) < 4.78 is 35.1. The van der Waals surface area contributed by atoms with Crippen LogP contribution in [0.25, 0.3) is 0 Å². The highest BCUT2D eigenvalue weighted by Crippen LogP contribution is 2.44. The van der Waals surface area contributed by atoms with Gasteiger partial charge < -0.3 is 28.4 Å². The van der Waals surface area contributed by atoms with Gasteiger partial charge >= 0.3 is 11.9 Å².